The van der Waals surface area contributed by atoms with Gasteiger partial charge in [0, 0.05) is 13.0 Å². The molecule has 19 heavy (non-hydrogen) atoms. The van der Waals surface area contributed by atoms with Crippen LogP contribution in [0, 0.1) is 5.92 Å². The molecule has 0 aliphatic heterocycles. The second-order valence-electron chi connectivity index (χ2n) is 4.88. The second kappa shape index (κ2) is 7.60. The molecule has 0 unspecified atom stereocenters. The lowest BCUT2D eigenvalue weighted by molar-refractivity contribution is -0.139. The Kier molecular flexibility index (Phi) is 6.11. The largest absolute Gasteiger partial charge is 0.480 e. The summed E-state index contributed by atoms with van der Waals surface area (Å²) in [6, 6.07) is -1.60. The van der Waals surface area contributed by atoms with E-state index in [4.69, 9.17) is 10.8 Å². The summed E-state index contributed by atoms with van der Waals surface area (Å²) < 4.78 is 0. The lowest BCUT2D eigenvalue weighted by Crippen LogP contribution is -2.46. The standard InChI is InChI=1S/C12H21N3O4/c13-10(16)5-4-9(11(17)18)15-12(19)14-7-6-8-2-1-3-8/h8-9H,1-7H2,(H2,13,16)(H,17,18)(H2,14,15,19)/t9-/m0/s1. The summed E-state index contributed by atoms with van der Waals surface area (Å²) in [6.07, 6.45) is 4.52. The normalized spacial score (nSPS) is 16.2. The number of nitrogens with two attached hydrogens (primary N) is 1. The molecule has 1 rings (SSSR count). The Balaban J connectivity index is 2.21. The fraction of sp³-hybridized carbons (Fsp3) is 0.750. The number of nitrogens with one attached hydrogen (secondary N) is 2. The highest BCUT2D eigenvalue weighted by Crippen LogP contribution is 2.28. The van der Waals surface area contributed by atoms with Crippen LogP contribution < -0.4 is 16.4 Å². The molecule has 1 aliphatic rings. The van der Waals surface area contributed by atoms with E-state index in [0.717, 1.165) is 6.42 Å². The lowest BCUT2D eigenvalue weighted by Gasteiger charge is -2.25. The van der Waals surface area contributed by atoms with E-state index >= 15 is 0 Å². The highest BCUT2D eigenvalue weighted by atomic mass is 16.4. The molecule has 108 valence electrons. The van der Waals surface area contributed by atoms with Gasteiger partial charge in [0.15, 0.2) is 0 Å². The van der Waals surface area contributed by atoms with E-state index in [0.29, 0.717) is 12.5 Å². The van der Waals surface area contributed by atoms with Crippen LogP contribution in [-0.2, 0) is 9.59 Å². The van der Waals surface area contributed by atoms with Gasteiger partial charge in [-0.25, -0.2) is 9.59 Å². The molecule has 0 spiro atoms. The zero-order chi connectivity index (χ0) is 14.3. The van der Waals surface area contributed by atoms with Gasteiger partial charge in [-0.15, -0.1) is 0 Å². The average molecular weight is 271 g/mol. The van der Waals surface area contributed by atoms with Gasteiger partial charge in [0.2, 0.25) is 5.91 Å². The van der Waals surface area contributed by atoms with Gasteiger partial charge in [-0.1, -0.05) is 19.3 Å². The maximum Gasteiger partial charge on any atom is 0.326 e. The van der Waals surface area contributed by atoms with Crippen molar-refractivity contribution in [3.05, 3.63) is 0 Å². The van der Waals surface area contributed by atoms with Gasteiger partial charge in [-0.2, -0.15) is 0 Å². The number of carboxylic acids is 1. The van der Waals surface area contributed by atoms with Crippen molar-refractivity contribution in [3.63, 3.8) is 0 Å². The smallest absolute Gasteiger partial charge is 0.326 e. The summed E-state index contributed by atoms with van der Waals surface area (Å²) >= 11 is 0. The van der Waals surface area contributed by atoms with E-state index < -0.39 is 23.9 Å². The molecule has 0 aromatic rings. The molecule has 1 atom stereocenters. The van der Waals surface area contributed by atoms with Gasteiger partial charge in [0.05, 0.1) is 0 Å². The topological polar surface area (TPSA) is 122 Å². The number of carboxylic acid groups (broad SMARTS) is 1. The van der Waals surface area contributed by atoms with Crippen molar-refractivity contribution in [1.29, 1.82) is 0 Å². The number of hydrogen-bond donors (Lipinski definition) is 4. The van der Waals surface area contributed by atoms with Crippen molar-refractivity contribution in [1.82, 2.24) is 10.6 Å². The molecule has 0 heterocycles. The molecule has 3 amide bonds. The summed E-state index contributed by atoms with van der Waals surface area (Å²) in [5.74, 6) is -1.07. The van der Waals surface area contributed by atoms with Gasteiger partial charge in [0.25, 0.3) is 0 Å². The van der Waals surface area contributed by atoms with Crippen LogP contribution in [0.15, 0.2) is 0 Å². The van der Waals surface area contributed by atoms with E-state index in [-0.39, 0.29) is 12.8 Å². The van der Waals surface area contributed by atoms with Gasteiger partial charge < -0.3 is 21.5 Å². The Morgan fingerprint density at radius 2 is 2.00 bits per heavy atom. The van der Waals surface area contributed by atoms with Crippen LogP contribution >= 0.6 is 0 Å². The number of carbonyl (C=O) groups excluding carboxylic acids is 2. The van der Waals surface area contributed by atoms with Crippen LogP contribution in [0.4, 0.5) is 4.79 Å². The van der Waals surface area contributed by atoms with Gasteiger partial charge in [-0.3, -0.25) is 4.79 Å². The molecule has 1 saturated carbocycles. The highest BCUT2D eigenvalue weighted by Gasteiger charge is 2.21. The quantitative estimate of drug-likeness (QED) is 0.503. The first-order valence-corrected chi connectivity index (χ1v) is 6.54. The number of carbonyl (C=O) groups is 3. The Morgan fingerprint density at radius 1 is 1.32 bits per heavy atom. The van der Waals surface area contributed by atoms with E-state index in [2.05, 4.69) is 10.6 Å². The second-order valence-corrected chi connectivity index (χ2v) is 4.88. The molecule has 1 fully saturated rings. The fourth-order valence-electron chi connectivity index (χ4n) is 1.92. The molecule has 0 bridgehead atoms. The van der Waals surface area contributed by atoms with Crippen LogP contribution in [0.1, 0.15) is 38.5 Å². The number of primary amides is 1. The third kappa shape index (κ3) is 6.08. The first-order valence-electron chi connectivity index (χ1n) is 6.54. The van der Waals surface area contributed by atoms with E-state index in [9.17, 15) is 14.4 Å². The van der Waals surface area contributed by atoms with Crippen LogP contribution in [0.2, 0.25) is 0 Å². The maximum absolute atomic E-state index is 11.5. The van der Waals surface area contributed by atoms with Crippen LogP contribution in [0.3, 0.4) is 0 Å². The molecule has 0 aromatic heterocycles. The van der Waals surface area contributed by atoms with E-state index in [1.807, 2.05) is 0 Å². The van der Waals surface area contributed by atoms with Crippen LogP contribution in [-0.4, -0.2) is 35.6 Å². The van der Waals surface area contributed by atoms with Crippen molar-refractivity contribution in [2.75, 3.05) is 6.54 Å². The minimum Gasteiger partial charge on any atom is -0.480 e. The molecule has 5 N–H and O–H groups in total. The molecule has 0 saturated heterocycles. The highest BCUT2D eigenvalue weighted by molar-refractivity contribution is 5.83. The van der Waals surface area contributed by atoms with Crippen molar-refractivity contribution >= 4 is 17.9 Å². The van der Waals surface area contributed by atoms with Crippen molar-refractivity contribution in [3.8, 4) is 0 Å². The predicted octanol–water partition coefficient (Wildman–Crippen LogP) is 0.194. The van der Waals surface area contributed by atoms with E-state index in [1.54, 1.807) is 0 Å². The zero-order valence-corrected chi connectivity index (χ0v) is 10.9. The predicted molar refractivity (Wildman–Crippen MR) is 68.3 cm³/mol. The average Bonchev–Trinajstić information content (AvgIpc) is 2.27. The maximum atomic E-state index is 11.5. The summed E-state index contributed by atoms with van der Waals surface area (Å²) in [5.41, 5.74) is 4.95. The molecule has 7 heteroatoms. The minimum absolute atomic E-state index is 0.000706. The van der Waals surface area contributed by atoms with Crippen molar-refractivity contribution in [2.24, 2.45) is 11.7 Å². The van der Waals surface area contributed by atoms with Crippen molar-refractivity contribution < 1.29 is 19.5 Å². The number of aliphatic carboxylic acids is 1. The number of amides is 3. The number of hydrogen-bond acceptors (Lipinski definition) is 3. The summed E-state index contributed by atoms with van der Waals surface area (Å²) in [5, 5.41) is 13.9. The molecule has 1 aliphatic carbocycles. The SMILES string of the molecule is NC(=O)CC[C@H](NC(=O)NCCC1CCC1)C(=O)O. The summed E-state index contributed by atoms with van der Waals surface area (Å²) in [4.78, 5) is 33.0. The van der Waals surface area contributed by atoms with Gasteiger partial charge in [0.1, 0.15) is 6.04 Å². The summed E-state index contributed by atoms with van der Waals surface area (Å²) in [6.45, 7) is 0.540. The minimum atomic E-state index is -1.17. The molecule has 7 nitrogen and oxygen atoms in total. The molecular formula is C12H21N3O4. The van der Waals surface area contributed by atoms with Gasteiger partial charge >= 0.3 is 12.0 Å². The van der Waals surface area contributed by atoms with E-state index in [1.165, 1.54) is 19.3 Å². The number of rotatable bonds is 8. The Hall–Kier alpha value is -1.79. The summed E-state index contributed by atoms with van der Waals surface area (Å²) in [7, 11) is 0. The number of urea groups is 1. The Labute approximate surface area is 111 Å². The molecule has 0 aromatic carbocycles. The zero-order valence-electron chi connectivity index (χ0n) is 10.9. The van der Waals surface area contributed by atoms with Crippen LogP contribution in [0.25, 0.3) is 0 Å². The fourth-order valence-corrected chi connectivity index (χ4v) is 1.92. The molecular weight excluding hydrogens is 250 g/mol. The first kappa shape index (κ1) is 15.3. The monoisotopic (exact) mass is 271 g/mol. The lowest BCUT2D eigenvalue weighted by atomic mass is 9.83. The van der Waals surface area contributed by atoms with Crippen molar-refractivity contribution in [2.45, 2.75) is 44.6 Å². The third-order valence-electron chi connectivity index (χ3n) is 3.35. The third-order valence-corrected chi connectivity index (χ3v) is 3.35. The van der Waals surface area contributed by atoms with Crippen LogP contribution in [0.5, 0.6) is 0 Å². The first-order chi connectivity index (χ1) is 8.99. The van der Waals surface area contributed by atoms with Gasteiger partial charge in [-0.05, 0) is 18.8 Å². The Morgan fingerprint density at radius 3 is 2.47 bits per heavy atom. The molecule has 0 radical (unpaired) electrons. The Bertz CT molecular complexity index is 342.